The third kappa shape index (κ3) is 5.77. The fourth-order valence-electron chi connectivity index (χ4n) is 2.21. The molecular formula is C19H26N4OS. The lowest BCUT2D eigenvalue weighted by Gasteiger charge is -2.23. The van der Waals surface area contributed by atoms with Gasteiger partial charge in [0.05, 0.1) is 5.69 Å². The lowest BCUT2D eigenvalue weighted by molar-refractivity contribution is 0.545. The molecule has 0 spiro atoms. The molecule has 1 aromatic heterocycles. The van der Waals surface area contributed by atoms with Crippen molar-refractivity contribution in [3.8, 4) is 11.1 Å². The number of benzene rings is 1. The molecule has 0 radical (unpaired) electrons. The average Bonchev–Trinajstić information content (AvgIpc) is 2.53. The Labute approximate surface area is 152 Å². The summed E-state index contributed by atoms with van der Waals surface area (Å²) in [6.07, 6.45) is 6.51. The quantitative estimate of drug-likeness (QED) is 0.418. The third-order valence-corrected chi connectivity index (χ3v) is 5.14. The smallest absolute Gasteiger partial charge is 0.136 e. The van der Waals surface area contributed by atoms with E-state index in [-0.39, 0.29) is 4.75 Å². The van der Waals surface area contributed by atoms with Crippen molar-refractivity contribution in [3.05, 3.63) is 48.3 Å². The van der Waals surface area contributed by atoms with Crippen molar-refractivity contribution < 1.29 is 4.55 Å². The van der Waals surface area contributed by atoms with E-state index in [0.29, 0.717) is 17.9 Å². The Morgan fingerprint density at radius 3 is 2.64 bits per heavy atom. The van der Waals surface area contributed by atoms with Crippen molar-refractivity contribution in [2.75, 3.05) is 18.0 Å². The summed E-state index contributed by atoms with van der Waals surface area (Å²) in [5, 5.41) is 0. The molecule has 25 heavy (non-hydrogen) atoms. The average molecular weight is 359 g/mol. The van der Waals surface area contributed by atoms with E-state index in [4.69, 9.17) is 11.5 Å². The number of nitrogens with zero attached hydrogens (tertiary/aromatic N) is 1. The van der Waals surface area contributed by atoms with Crippen LogP contribution in [0.15, 0.2) is 42.6 Å². The van der Waals surface area contributed by atoms with Crippen LogP contribution in [-0.4, -0.2) is 20.8 Å². The Morgan fingerprint density at radius 2 is 1.96 bits per heavy atom. The van der Waals surface area contributed by atoms with E-state index in [1.165, 1.54) is 0 Å². The number of anilines is 2. The zero-order chi connectivity index (χ0) is 18.4. The summed E-state index contributed by atoms with van der Waals surface area (Å²) in [6.45, 7) is 6.50. The molecule has 0 unspecified atom stereocenters. The molecule has 0 aliphatic carbocycles. The van der Waals surface area contributed by atoms with Gasteiger partial charge >= 0.3 is 0 Å². The van der Waals surface area contributed by atoms with Crippen molar-refractivity contribution in [3.63, 3.8) is 0 Å². The summed E-state index contributed by atoms with van der Waals surface area (Å²) in [4.78, 5) is 4.35. The number of pyridine rings is 1. The van der Waals surface area contributed by atoms with Gasteiger partial charge in [-0.25, -0.2) is 0 Å². The van der Waals surface area contributed by atoms with E-state index < -0.39 is 11.4 Å². The van der Waals surface area contributed by atoms with Gasteiger partial charge in [-0.1, -0.05) is 12.1 Å². The second-order valence-corrected chi connectivity index (χ2v) is 8.83. The Kier molecular flexibility index (Phi) is 6.47. The fraction of sp³-hybridized carbons (Fsp3) is 0.316. The van der Waals surface area contributed by atoms with Gasteiger partial charge in [0.1, 0.15) is 4.75 Å². The lowest BCUT2D eigenvalue weighted by atomic mass is 10.0. The fourth-order valence-corrected chi connectivity index (χ4v) is 2.94. The molecule has 0 amide bonds. The highest BCUT2D eigenvalue weighted by atomic mass is 32.2. The molecule has 6 heteroatoms. The van der Waals surface area contributed by atoms with Crippen LogP contribution in [0.2, 0.25) is 0 Å². The Bertz CT molecular complexity index is 740. The first-order valence-electron chi connectivity index (χ1n) is 8.21. The lowest BCUT2D eigenvalue weighted by Crippen LogP contribution is -2.39. The summed E-state index contributed by atoms with van der Waals surface area (Å²) in [5.41, 5.74) is 15.9. The van der Waals surface area contributed by atoms with Crippen LogP contribution >= 0.6 is 0 Å². The summed E-state index contributed by atoms with van der Waals surface area (Å²) >= 11 is -1.04. The number of hydrogen-bond acceptors (Lipinski definition) is 5. The van der Waals surface area contributed by atoms with E-state index in [1.54, 1.807) is 12.3 Å². The molecular weight excluding hydrogens is 332 g/mol. The minimum atomic E-state index is -1.04. The van der Waals surface area contributed by atoms with E-state index in [1.807, 2.05) is 57.2 Å². The number of nitrogens with two attached hydrogens (primary N) is 2. The molecule has 1 atom stereocenters. The molecule has 0 aliphatic rings. The van der Waals surface area contributed by atoms with Gasteiger partial charge in [0.25, 0.3) is 0 Å². The highest BCUT2D eigenvalue weighted by Gasteiger charge is 2.25. The van der Waals surface area contributed by atoms with E-state index >= 15 is 0 Å². The van der Waals surface area contributed by atoms with Crippen LogP contribution in [0.5, 0.6) is 0 Å². The van der Waals surface area contributed by atoms with Gasteiger partial charge in [-0.15, -0.1) is 4.72 Å². The third-order valence-electron chi connectivity index (χ3n) is 3.56. The molecule has 1 heterocycles. The second-order valence-electron chi connectivity index (χ2n) is 6.78. The maximum atomic E-state index is 11.9. The van der Waals surface area contributed by atoms with E-state index in [0.717, 1.165) is 23.2 Å². The first-order valence-corrected chi connectivity index (χ1v) is 9.36. The van der Waals surface area contributed by atoms with Gasteiger partial charge in [0.2, 0.25) is 0 Å². The molecule has 0 fully saturated rings. The molecule has 1 aromatic carbocycles. The van der Waals surface area contributed by atoms with E-state index in [2.05, 4.69) is 9.71 Å². The normalized spacial score (nSPS) is 13.3. The standard InChI is InChI=1S/C19H26N4OS/c1-19(2,3)25(24)23-10-5-4-6-16-12-14(9-11-22-16)17-8-7-15(20)13-18(17)21/h4,6-9,11-13,23H,5,10,20-21H2,1-3H3/t25-/m0/s1. The van der Waals surface area contributed by atoms with Crippen molar-refractivity contribution >= 4 is 28.8 Å². The van der Waals surface area contributed by atoms with E-state index in [9.17, 15) is 4.55 Å². The summed E-state index contributed by atoms with van der Waals surface area (Å²) < 4.78 is 14.7. The van der Waals surface area contributed by atoms with Crippen LogP contribution in [0.25, 0.3) is 17.2 Å². The molecule has 0 saturated heterocycles. The minimum Gasteiger partial charge on any atom is -0.598 e. The minimum absolute atomic E-state index is 0.251. The van der Waals surface area contributed by atoms with Crippen molar-refractivity contribution in [1.82, 2.24) is 9.71 Å². The van der Waals surface area contributed by atoms with Crippen molar-refractivity contribution in [1.29, 1.82) is 0 Å². The molecule has 2 aromatic rings. The molecule has 0 bridgehead atoms. The van der Waals surface area contributed by atoms with Crippen molar-refractivity contribution in [2.45, 2.75) is 31.9 Å². The number of aromatic nitrogens is 1. The summed E-state index contributed by atoms with van der Waals surface area (Å²) in [5.74, 6) is 0. The zero-order valence-corrected chi connectivity index (χ0v) is 15.8. The molecule has 134 valence electrons. The first-order chi connectivity index (χ1) is 11.8. The molecule has 5 N–H and O–H groups in total. The van der Waals surface area contributed by atoms with Gasteiger partial charge in [0.15, 0.2) is 0 Å². The topological polar surface area (TPSA) is 100 Å². The van der Waals surface area contributed by atoms with Crippen LogP contribution in [0, 0.1) is 0 Å². The summed E-state index contributed by atoms with van der Waals surface area (Å²) in [6, 6.07) is 9.42. The van der Waals surface area contributed by atoms with Crippen LogP contribution < -0.4 is 16.2 Å². The zero-order valence-electron chi connectivity index (χ0n) is 15.0. The number of rotatable bonds is 6. The predicted molar refractivity (Wildman–Crippen MR) is 108 cm³/mol. The van der Waals surface area contributed by atoms with Gasteiger partial charge in [-0.05, 0) is 63.1 Å². The molecule has 0 aliphatic heterocycles. The van der Waals surface area contributed by atoms with Gasteiger partial charge in [-0.2, -0.15) is 0 Å². The highest BCUT2D eigenvalue weighted by Crippen LogP contribution is 2.27. The second kappa shape index (κ2) is 8.38. The molecule has 0 saturated carbocycles. The van der Waals surface area contributed by atoms with Crippen molar-refractivity contribution in [2.24, 2.45) is 0 Å². The SMILES string of the molecule is CC(C)(C)[S@+]([O-])NCCC=Cc1cc(-c2ccc(N)cc2N)ccn1. The molecule has 2 rings (SSSR count). The van der Waals surface area contributed by atoms with Crippen LogP contribution in [0.3, 0.4) is 0 Å². The van der Waals surface area contributed by atoms with Crippen LogP contribution in [-0.2, 0) is 11.4 Å². The van der Waals surface area contributed by atoms with Gasteiger partial charge in [-0.3, -0.25) is 4.98 Å². The summed E-state index contributed by atoms with van der Waals surface area (Å²) in [7, 11) is 0. The number of nitrogens with one attached hydrogen (secondary N) is 1. The van der Waals surface area contributed by atoms with Gasteiger partial charge in [0, 0.05) is 41.0 Å². The monoisotopic (exact) mass is 358 g/mol. The first kappa shape index (κ1) is 19.3. The van der Waals surface area contributed by atoms with Crippen LogP contribution in [0.1, 0.15) is 32.9 Å². The van der Waals surface area contributed by atoms with Gasteiger partial charge < -0.3 is 16.0 Å². The largest absolute Gasteiger partial charge is 0.598 e. The number of nitrogen functional groups attached to an aromatic ring is 2. The molecule has 5 nitrogen and oxygen atoms in total. The maximum absolute atomic E-state index is 11.9. The Hall–Kier alpha value is -2.02. The Morgan fingerprint density at radius 1 is 1.20 bits per heavy atom. The Balaban J connectivity index is 1.97. The number of hydrogen-bond donors (Lipinski definition) is 3. The highest BCUT2D eigenvalue weighted by molar-refractivity contribution is 7.90. The predicted octanol–water partition coefficient (Wildman–Crippen LogP) is 3.37. The van der Waals surface area contributed by atoms with Crippen LogP contribution in [0.4, 0.5) is 11.4 Å². The maximum Gasteiger partial charge on any atom is 0.136 e.